The molecule has 0 saturated carbocycles. The molecular formula is C28H39N3O6. The van der Waals surface area contributed by atoms with Crippen LogP contribution in [0.1, 0.15) is 38.3 Å². The van der Waals surface area contributed by atoms with E-state index in [2.05, 4.69) is 24.1 Å². The summed E-state index contributed by atoms with van der Waals surface area (Å²) in [6, 6.07) is 10.5. The van der Waals surface area contributed by atoms with Gasteiger partial charge in [0.2, 0.25) is 17.6 Å². The van der Waals surface area contributed by atoms with Gasteiger partial charge in [-0.25, -0.2) is 0 Å². The van der Waals surface area contributed by atoms with Crippen LogP contribution in [0.25, 0.3) is 0 Å². The molecule has 37 heavy (non-hydrogen) atoms. The van der Waals surface area contributed by atoms with Gasteiger partial charge in [0.05, 0.1) is 46.1 Å². The molecule has 9 nitrogen and oxygen atoms in total. The van der Waals surface area contributed by atoms with Gasteiger partial charge in [0.25, 0.3) is 0 Å². The predicted molar refractivity (Wildman–Crippen MR) is 143 cm³/mol. The first-order valence-electron chi connectivity index (χ1n) is 12.7. The molecule has 1 N–H and O–H groups in total. The van der Waals surface area contributed by atoms with E-state index in [-0.39, 0.29) is 18.2 Å². The minimum absolute atomic E-state index is 0.0714. The van der Waals surface area contributed by atoms with E-state index < -0.39 is 12.0 Å². The van der Waals surface area contributed by atoms with Crippen LogP contribution in [0, 0.1) is 5.92 Å². The largest absolute Gasteiger partial charge is 0.497 e. The number of piperidine rings is 1. The Hall–Kier alpha value is -3.46. The minimum Gasteiger partial charge on any atom is -0.497 e. The number of methoxy groups -OCH3 is 4. The van der Waals surface area contributed by atoms with E-state index in [1.807, 2.05) is 24.3 Å². The van der Waals surface area contributed by atoms with Gasteiger partial charge in [-0.2, -0.15) is 0 Å². The number of carbonyl (C=O) groups is 2. The molecule has 2 unspecified atom stereocenters. The third-order valence-electron chi connectivity index (χ3n) is 6.94. The zero-order valence-corrected chi connectivity index (χ0v) is 22.7. The predicted octanol–water partition coefficient (Wildman–Crippen LogP) is 3.66. The Morgan fingerprint density at radius 2 is 1.59 bits per heavy atom. The van der Waals surface area contributed by atoms with Crippen molar-refractivity contribution < 1.29 is 28.5 Å². The van der Waals surface area contributed by atoms with Crippen LogP contribution in [0.3, 0.4) is 0 Å². The number of hydrogen-bond acceptors (Lipinski definition) is 7. The SMILES string of the molecule is CCN(CC)CCNC(=O)C1CCC(=O)N(c2cc(OC)c(OC)c(OC)c2)C1c1ccc(OC)cc1. The lowest BCUT2D eigenvalue weighted by Crippen LogP contribution is -2.49. The van der Waals surface area contributed by atoms with E-state index in [1.54, 1.807) is 24.1 Å². The quantitative estimate of drug-likeness (QED) is 0.463. The topological polar surface area (TPSA) is 89.6 Å². The van der Waals surface area contributed by atoms with Crippen LogP contribution in [0.4, 0.5) is 5.69 Å². The van der Waals surface area contributed by atoms with Gasteiger partial charge in [-0.15, -0.1) is 0 Å². The highest BCUT2D eigenvalue weighted by Gasteiger charge is 2.42. The molecule has 1 heterocycles. The lowest BCUT2D eigenvalue weighted by Gasteiger charge is -2.41. The number of rotatable bonds is 12. The number of anilines is 1. The summed E-state index contributed by atoms with van der Waals surface area (Å²) in [6.45, 7) is 7.38. The first kappa shape index (κ1) is 28.1. The fourth-order valence-electron chi connectivity index (χ4n) is 4.87. The van der Waals surface area contributed by atoms with Crippen LogP contribution in [-0.2, 0) is 9.59 Å². The third-order valence-corrected chi connectivity index (χ3v) is 6.94. The van der Waals surface area contributed by atoms with Crippen molar-refractivity contribution in [1.29, 1.82) is 0 Å². The molecular weight excluding hydrogens is 474 g/mol. The van der Waals surface area contributed by atoms with E-state index in [4.69, 9.17) is 18.9 Å². The third kappa shape index (κ3) is 6.28. The second-order valence-corrected chi connectivity index (χ2v) is 8.83. The molecule has 0 radical (unpaired) electrons. The van der Waals surface area contributed by atoms with Gasteiger partial charge in [-0.05, 0) is 37.2 Å². The highest BCUT2D eigenvalue weighted by Crippen LogP contribution is 2.46. The van der Waals surface area contributed by atoms with Crippen molar-refractivity contribution in [2.75, 3.05) is 59.5 Å². The van der Waals surface area contributed by atoms with Crippen LogP contribution < -0.4 is 29.2 Å². The van der Waals surface area contributed by atoms with Gasteiger partial charge < -0.3 is 34.1 Å². The van der Waals surface area contributed by atoms with Gasteiger partial charge in [-0.3, -0.25) is 9.59 Å². The molecule has 1 fully saturated rings. The van der Waals surface area contributed by atoms with Crippen molar-refractivity contribution in [3.63, 3.8) is 0 Å². The number of benzene rings is 2. The summed E-state index contributed by atoms with van der Waals surface area (Å²) in [5.74, 6) is 1.41. The number of hydrogen-bond donors (Lipinski definition) is 1. The minimum atomic E-state index is -0.525. The van der Waals surface area contributed by atoms with Gasteiger partial charge in [0.1, 0.15) is 5.75 Å². The van der Waals surface area contributed by atoms with Crippen LogP contribution in [-0.4, -0.2) is 71.3 Å². The molecule has 2 amide bonds. The second-order valence-electron chi connectivity index (χ2n) is 8.83. The Morgan fingerprint density at radius 1 is 0.973 bits per heavy atom. The van der Waals surface area contributed by atoms with Gasteiger partial charge >= 0.3 is 0 Å². The molecule has 2 atom stereocenters. The number of nitrogens with one attached hydrogen (secondary N) is 1. The van der Waals surface area contributed by atoms with Crippen LogP contribution in [0.2, 0.25) is 0 Å². The molecule has 0 spiro atoms. The van der Waals surface area contributed by atoms with E-state index >= 15 is 0 Å². The molecule has 1 aliphatic heterocycles. The number of amides is 2. The van der Waals surface area contributed by atoms with Crippen molar-refractivity contribution in [2.24, 2.45) is 5.92 Å². The summed E-state index contributed by atoms with van der Waals surface area (Å²) in [7, 11) is 6.21. The summed E-state index contributed by atoms with van der Waals surface area (Å²) in [6.07, 6.45) is 0.699. The van der Waals surface area contributed by atoms with Crippen molar-refractivity contribution in [3.8, 4) is 23.0 Å². The fourth-order valence-corrected chi connectivity index (χ4v) is 4.87. The summed E-state index contributed by atoms with van der Waals surface area (Å²) in [5.41, 5.74) is 1.41. The summed E-state index contributed by atoms with van der Waals surface area (Å²) < 4.78 is 21.9. The van der Waals surface area contributed by atoms with Crippen LogP contribution >= 0.6 is 0 Å². The first-order chi connectivity index (χ1) is 17.9. The van der Waals surface area contributed by atoms with Crippen molar-refractivity contribution in [2.45, 2.75) is 32.7 Å². The fraction of sp³-hybridized carbons (Fsp3) is 0.500. The molecule has 1 saturated heterocycles. The Kier molecular flexibility index (Phi) is 10.0. The number of carbonyl (C=O) groups excluding carboxylic acids is 2. The van der Waals surface area contributed by atoms with Gasteiger partial charge in [0, 0.05) is 31.6 Å². The van der Waals surface area contributed by atoms with Gasteiger partial charge in [-0.1, -0.05) is 26.0 Å². The zero-order valence-electron chi connectivity index (χ0n) is 22.7. The highest BCUT2D eigenvalue weighted by atomic mass is 16.5. The van der Waals surface area contributed by atoms with E-state index in [9.17, 15) is 9.59 Å². The molecule has 3 rings (SSSR count). The molecule has 2 aromatic carbocycles. The van der Waals surface area contributed by atoms with E-state index in [0.29, 0.717) is 41.7 Å². The molecule has 0 aromatic heterocycles. The zero-order chi connectivity index (χ0) is 26.9. The molecule has 0 aliphatic carbocycles. The number of nitrogens with zero attached hydrogens (tertiary/aromatic N) is 2. The Balaban J connectivity index is 2.04. The highest BCUT2D eigenvalue weighted by molar-refractivity contribution is 5.98. The lowest BCUT2D eigenvalue weighted by atomic mass is 9.83. The van der Waals surface area contributed by atoms with E-state index in [1.165, 1.54) is 21.3 Å². The second kappa shape index (κ2) is 13.2. The molecule has 2 aromatic rings. The number of likely N-dealkylation sites (N-methyl/N-ethyl adjacent to an activating group) is 1. The summed E-state index contributed by atoms with van der Waals surface area (Å²) >= 11 is 0. The molecule has 9 heteroatoms. The smallest absolute Gasteiger partial charge is 0.227 e. The molecule has 202 valence electrons. The number of ether oxygens (including phenoxy) is 4. The summed E-state index contributed by atoms with van der Waals surface area (Å²) in [5, 5.41) is 3.11. The average molecular weight is 514 g/mol. The van der Waals surface area contributed by atoms with Crippen LogP contribution in [0.15, 0.2) is 36.4 Å². The maximum atomic E-state index is 13.5. The van der Waals surface area contributed by atoms with E-state index in [0.717, 1.165) is 25.2 Å². The average Bonchev–Trinajstić information content (AvgIpc) is 2.94. The Labute approximate surface area is 219 Å². The summed E-state index contributed by atoms with van der Waals surface area (Å²) in [4.78, 5) is 30.9. The Morgan fingerprint density at radius 3 is 2.11 bits per heavy atom. The van der Waals surface area contributed by atoms with Crippen molar-refractivity contribution >= 4 is 17.5 Å². The Bertz CT molecular complexity index is 1030. The molecule has 1 aliphatic rings. The monoisotopic (exact) mass is 513 g/mol. The normalized spacial score (nSPS) is 17.5. The van der Waals surface area contributed by atoms with Gasteiger partial charge in [0.15, 0.2) is 11.5 Å². The maximum Gasteiger partial charge on any atom is 0.227 e. The lowest BCUT2D eigenvalue weighted by molar-refractivity contribution is -0.129. The van der Waals surface area contributed by atoms with Crippen molar-refractivity contribution in [3.05, 3.63) is 42.0 Å². The standard InChI is InChI=1S/C28H39N3O6/c1-7-30(8-2)16-15-29-28(33)22-13-14-25(32)31(26(22)19-9-11-21(34-3)12-10-19)20-17-23(35-4)27(37-6)24(18-20)36-5/h9-12,17-18,22,26H,7-8,13-16H2,1-6H3,(H,29,33). The molecule has 0 bridgehead atoms. The first-order valence-corrected chi connectivity index (χ1v) is 12.7. The van der Waals surface area contributed by atoms with Crippen molar-refractivity contribution in [1.82, 2.24) is 10.2 Å². The van der Waals surface area contributed by atoms with Crippen LogP contribution in [0.5, 0.6) is 23.0 Å². The maximum absolute atomic E-state index is 13.5.